The van der Waals surface area contributed by atoms with Gasteiger partial charge in [-0.05, 0) is 18.1 Å². The topological polar surface area (TPSA) is 38.7 Å². The van der Waals surface area contributed by atoms with E-state index in [1.807, 2.05) is 32.0 Å². The monoisotopic (exact) mass is 267 g/mol. The predicted molar refractivity (Wildman–Crippen MR) is 69.4 cm³/mol. The largest absolute Gasteiger partial charge is 0.253 e. The third kappa shape index (κ3) is 2.56. The molecule has 0 aromatic carbocycles. The van der Waals surface area contributed by atoms with Crippen LogP contribution in [0.15, 0.2) is 24.4 Å². The van der Waals surface area contributed by atoms with Crippen LogP contribution >= 0.6 is 23.2 Å². The Morgan fingerprint density at radius 3 is 2.18 bits per heavy atom. The van der Waals surface area contributed by atoms with Crippen molar-refractivity contribution in [3.63, 3.8) is 0 Å². The van der Waals surface area contributed by atoms with Crippen molar-refractivity contribution in [2.24, 2.45) is 0 Å². The van der Waals surface area contributed by atoms with E-state index >= 15 is 0 Å². The number of nitrogens with zero attached hydrogens (tertiary/aromatic N) is 3. The molecule has 2 aromatic rings. The van der Waals surface area contributed by atoms with Gasteiger partial charge >= 0.3 is 0 Å². The maximum absolute atomic E-state index is 6.12. The van der Waals surface area contributed by atoms with Crippen LogP contribution in [0.5, 0.6) is 0 Å². The molecule has 0 aliphatic heterocycles. The van der Waals surface area contributed by atoms with Gasteiger partial charge in [-0.15, -0.1) is 0 Å². The Morgan fingerprint density at radius 1 is 1.06 bits per heavy atom. The minimum atomic E-state index is 0.188. The molecule has 0 unspecified atom stereocenters. The zero-order chi connectivity index (χ0) is 12.4. The zero-order valence-corrected chi connectivity index (χ0v) is 11.0. The fourth-order valence-electron chi connectivity index (χ4n) is 1.50. The van der Waals surface area contributed by atoms with Gasteiger partial charge in [-0.1, -0.05) is 43.1 Å². The van der Waals surface area contributed by atoms with Crippen LogP contribution in [0, 0.1) is 0 Å². The van der Waals surface area contributed by atoms with E-state index in [1.165, 1.54) is 0 Å². The molecule has 0 N–H and O–H groups in total. The van der Waals surface area contributed by atoms with Gasteiger partial charge in [0, 0.05) is 11.8 Å². The third-order valence-electron chi connectivity index (χ3n) is 2.32. The molecule has 0 amide bonds. The summed E-state index contributed by atoms with van der Waals surface area (Å²) in [6, 6.07) is 5.51. The molecule has 2 heterocycles. The van der Waals surface area contributed by atoms with Crippen LogP contribution in [0.2, 0.25) is 10.3 Å². The van der Waals surface area contributed by atoms with Gasteiger partial charge in [-0.2, -0.15) is 0 Å². The molecule has 0 saturated carbocycles. The Balaban J connectivity index is 2.53. The quantitative estimate of drug-likeness (QED) is 0.773. The fourth-order valence-corrected chi connectivity index (χ4v) is 2.33. The normalized spacial score (nSPS) is 10.9. The van der Waals surface area contributed by atoms with E-state index in [0.717, 1.165) is 5.56 Å². The summed E-state index contributed by atoms with van der Waals surface area (Å²) >= 11 is 12.2. The van der Waals surface area contributed by atoms with Crippen LogP contribution in [-0.2, 0) is 0 Å². The lowest BCUT2D eigenvalue weighted by molar-refractivity contribution is 0.847. The minimum absolute atomic E-state index is 0.188. The summed E-state index contributed by atoms with van der Waals surface area (Å²) < 4.78 is 0. The van der Waals surface area contributed by atoms with Crippen LogP contribution in [0.25, 0.3) is 11.5 Å². The number of hydrogen-bond donors (Lipinski definition) is 0. The highest BCUT2D eigenvalue weighted by Gasteiger charge is 2.15. The summed E-state index contributed by atoms with van der Waals surface area (Å²) in [6.07, 6.45) is 1.68. The van der Waals surface area contributed by atoms with Crippen molar-refractivity contribution in [2.75, 3.05) is 0 Å². The van der Waals surface area contributed by atoms with Gasteiger partial charge in [-0.3, -0.25) is 4.98 Å². The van der Waals surface area contributed by atoms with Crippen molar-refractivity contribution in [3.8, 4) is 11.5 Å². The Morgan fingerprint density at radius 2 is 1.71 bits per heavy atom. The molecule has 0 fully saturated rings. The molecule has 0 radical (unpaired) electrons. The summed E-state index contributed by atoms with van der Waals surface area (Å²) in [5, 5.41) is 0.779. The molecule has 0 spiro atoms. The van der Waals surface area contributed by atoms with Gasteiger partial charge in [0.1, 0.15) is 16.0 Å². The summed E-state index contributed by atoms with van der Waals surface area (Å²) in [6.45, 7) is 3.99. The van der Waals surface area contributed by atoms with Crippen LogP contribution in [-0.4, -0.2) is 15.0 Å². The SMILES string of the molecule is CC(C)c1c(Cl)nc(-c2ccccn2)nc1Cl. The molecule has 0 saturated heterocycles. The molecule has 2 aromatic heterocycles. The minimum Gasteiger partial charge on any atom is -0.253 e. The molecular formula is C12H11Cl2N3. The first-order valence-corrected chi connectivity index (χ1v) is 5.99. The van der Waals surface area contributed by atoms with E-state index < -0.39 is 0 Å². The van der Waals surface area contributed by atoms with Crippen LogP contribution in [0.3, 0.4) is 0 Å². The number of pyridine rings is 1. The van der Waals surface area contributed by atoms with E-state index in [-0.39, 0.29) is 5.92 Å². The molecule has 88 valence electrons. The second-order valence-electron chi connectivity index (χ2n) is 3.91. The van der Waals surface area contributed by atoms with E-state index in [0.29, 0.717) is 21.8 Å². The molecule has 0 bridgehead atoms. The molecule has 5 heteroatoms. The van der Waals surface area contributed by atoms with Gasteiger partial charge in [0.25, 0.3) is 0 Å². The third-order valence-corrected chi connectivity index (χ3v) is 2.90. The summed E-state index contributed by atoms with van der Waals surface area (Å²) in [5.41, 5.74) is 1.43. The summed E-state index contributed by atoms with van der Waals surface area (Å²) in [7, 11) is 0. The highest BCUT2D eigenvalue weighted by molar-refractivity contribution is 6.34. The van der Waals surface area contributed by atoms with Crippen molar-refractivity contribution in [3.05, 3.63) is 40.3 Å². The summed E-state index contributed by atoms with van der Waals surface area (Å²) in [4.78, 5) is 12.6. The molecule has 0 atom stereocenters. The lowest BCUT2D eigenvalue weighted by atomic mass is 10.1. The highest BCUT2D eigenvalue weighted by atomic mass is 35.5. The standard InChI is InChI=1S/C12H11Cl2N3/c1-7(2)9-10(13)16-12(17-11(9)14)8-5-3-4-6-15-8/h3-7H,1-2H3. The Labute approximate surface area is 110 Å². The number of halogens is 2. The molecule has 3 nitrogen and oxygen atoms in total. The Hall–Kier alpha value is -1.19. The highest BCUT2D eigenvalue weighted by Crippen LogP contribution is 2.30. The van der Waals surface area contributed by atoms with Crippen molar-refractivity contribution in [1.29, 1.82) is 0 Å². The second-order valence-corrected chi connectivity index (χ2v) is 4.63. The second kappa shape index (κ2) is 4.98. The van der Waals surface area contributed by atoms with E-state index in [2.05, 4.69) is 15.0 Å². The van der Waals surface area contributed by atoms with Crippen LogP contribution in [0.1, 0.15) is 25.3 Å². The first kappa shape index (κ1) is 12.3. The first-order valence-electron chi connectivity index (χ1n) is 5.24. The van der Waals surface area contributed by atoms with Crippen molar-refractivity contribution in [1.82, 2.24) is 15.0 Å². The van der Waals surface area contributed by atoms with E-state index in [1.54, 1.807) is 6.20 Å². The average Bonchev–Trinajstić information content (AvgIpc) is 2.28. The lowest BCUT2D eigenvalue weighted by Crippen LogP contribution is -2.00. The summed E-state index contributed by atoms with van der Waals surface area (Å²) in [5.74, 6) is 0.637. The van der Waals surface area contributed by atoms with Gasteiger partial charge < -0.3 is 0 Å². The number of aromatic nitrogens is 3. The van der Waals surface area contributed by atoms with Crippen molar-refractivity contribution in [2.45, 2.75) is 19.8 Å². The Kier molecular flexibility index (Phi) is 3.60. The Bertz CT molecular complexity index is 504. The first-order chi connectivity index (χ1) is 8.09. The fraction of sp³-hybridized carbons (Fsp3) is 0.250. The predicted octanol–water partition coefficient (Wildman–Crippen LogP) is 3.97. The average molecular weight is 268 g/mol. The molecule has 0 aliphatic rings. The van der Waals surface area contributed by atoms with Gasteiger partial charge in [0.2, 0.25) is 0 Å². The van der Waals surface area contributed by atoms with Crippen molar-refractivity contribution >= 4 is 23.2 Å². The van der Waals surface area contributed by atoms with E-state index in [4.69, 9.17) is 23.2 Å². The molecule has 17 heavy (non-hydrogen) atoms. The van der Waals surface area contributed by atoms with Gasteiger partial charge in [-0.25, -0.2) is 9.97 Å². The molecule has 2 rings (SSSR count). The van der Waals surface area contributed by atoms with Crippen LogP contribution in [0.4, 0.5) is 0 Å². The van der Waals surface area contributed by atoms with E-state index in [9.17, 15) is 0 Å². The number of rotatable bonds is 2. The van der Waals surface area contributed by atoms with Crippen LogP contribution < -0.4 is 0 Å². The maximum atomic E-state index is 6.12. The number of hydrogen-bond acceptors (Lipinski definition) is 3. The smallest absolute Gasteiger partial charge is 0.181 e. The molecular weight excluding hydrogens is 257 g/mol. The van der Waals surface area contributed by atoms with Crippen molar-refractivity contribution < 1.29 is 0 Å². The maximum Gasteiger partial charge on any atom is 0.181 e. The van der Waals surface area contributed by atoms with Gasteiger partial charge in [0.15, 0.2) is 5.82 Å². The lowest BCUT2D eigenvalue weighted by Gasteiger charge is -2.10. The zero-order valence-electron chi connectivity index (χ0n) is 9.48. The van der Waals surface area contributed by atoms with Gasteiger partial charge in [0.05, 0.1) is 0 Å². The molecule has 0 aliphatic carbocycles.